The van der Waals surface area contributed by atoms with E-state index in [-0.39, 0.29) is 5.56 Å². The number of rotatable bonds is 6. The van der Waals surface area contributed by atoms with Gasteiger partial charge in [0.15, 0.2) is 22.6 Å². The van der Waals surface area contributed by atoms with E-state index in [1.165, 1.54) is 27.2 Å². The van der Waals surface area contributed by atoms with Gasteiger partial charge in [0, 0.05) is 22.4 Å². The van der Waals surface area contributed by atoms with Crippen LogP contribution in [0.2, 0.25) is 0 Å². The first kappa shape index (κ1) is 22.6. The summed E-state index contributed by atoms with van der Waals surface area (Å²) in [5.74, 6) is -5.11. The number of thioether (sulfide) groups is 1. The minimum atomic E-state index is -1.66. The normalized spacial score (nSPS) is 12.3. The number of halogens is 3. The molecule has 4 rings (SSSR count). The molecule has 1 aromatic carbocycles. The van der Waals surface area contributed by atoms with Crippen molar-refractivity contribution in [2.24, 2.45) is 0 Å². The largest absolute Gasteiger partial charge is 0.323 e. The van der Waals surface area contributed by atoms with Crippen molar-refractivity contribution in [2.45, 2.75) is 30.8 Å². The third-order valence-electron chi connectivity index (χ3n) is 4.71. The molecule has 32 heavy (non-hydrogen) atoms. The summed E-state index contributed by atoms with van der Waals surface area (Å²) >= 11 is 3.91. The lowest BCUT2D eigenvalue weighted by molar-refractivity contribution is -0.115. The molecule has 0 saturated heterocycles. The van der Waals surface area contributed by atoms with Crippen LogP contribution in [0.15, 0.2) is 45.0 Å². The molecule has 0 aliphatic carbocycles. The van der Waals surface area contributed by atoms with E-state index >= 15 is 0 Å². The predicted molar refractivity (Wildman–Crippen MR) is 123 cm³/mol. The first-order valence-electron chi connectivity index (χ1n) is 9.48. The molecular formula is C21H16F3N3O2S3. The minimum absolute atomic E-state index is 0.205. The summed E-state index contributed by atoms with van der Waals surface area (Å²) in [5.41, 5.74) is 0.163. The molecule has 0 fully saturated rings. The van der Waals surface area contributed by atoms with E-state index in [9.17, 15) is 22.8 Å². The third-order valence-corrected chi connectivity index (χ3v) is 7.57. The average molecular weight is 496 g/mol. The van der Waals surface area contributed by atoms with Gasteiger partial charge in [0.05, 0.1) is 16.3 Å². The maximum atomic E-state index is 13.9. The van der Waals surface area contributed by atoms with Crippen molar-refractivity contribution in [3.8, 4) is 10.4 Å². The molecule has 3 aromatic heterocycles. The zero-order chi connectivity index (χ0) is 23.0. The summed E-state index contributed by atoms with van der Waals surface area (Å²) < 4.78 is 41.9. The number of amides is 1. The van der Waals surface area contributed by atoms with E-state index in [0.717, 1.165) is 34.3 Å². The van der Waals surface area contributed by atoms with Crippen LogP contribution in [-0.2, 0) is 11.3 Å². The minimum Gasteiger partial charge on any atom is -0.323 e. The molecule has 1 atom stereocenters. The van der Waals surface area contributed by atoms with E-state index in [2.05, 4.69) is 10.3 Å². The monoisotopic (exact) mass is 495 g/mol. The second-order valence-electron chi connectivity index (χ2n) is 6.72. The highest BCUT2D eigenvalue weighted by molar-refractivity contribution is 8.00. The van der Waals surface area contributed by atoms with Crippen LogP contribution in [0.5, 0.6) is 0 Å². The predicted octanol–water partition coefficient (Wildman–Crippen LogP) is 5.74. The van der Waals surface area contributed by atoms with Gasteiger partial charge in [-0.25, -0.2) is 18.2 Å². The van der Waals surface area contributed by atoms with Crippen LogP contribution >= 0.6 is 34.4 Å². The highest BCUT2D eigenvalue weighted by Crippen LogP contribution is 2.35. The number of carbonyl (C=O) groups is 1. The van der Waals surface area contributed by atoms with Gasteiger partial charge < -0.3 is 5.32 Å². The number of thiophene rings is 2. The van der Waals surface area contributed by atoms with Crippen LogP contribution in [0.1, 0.15) is 13.8 Å². The highest BCUT2D eigenvalue weighted by Gasteiger charge is 2.23. The van der Waals surface area contributed by atoms with Gasteiger partial charge in [0.1, 0.15) is 4.83 Å². The van der Waals surface area contributed by atoms with Crippen molar-refractivity contribution in [2.75, 3.05) is 5.32 Å². The van der Waals surface area contributed by atoms with Crippen molar-refractivity contribution in [3.05, 3.63) is 62.8 Å². The summed E-state index contributed by atoms with van der Waals surface area (Å²) in [6.07, 6.45) is 0. The van der Waals surface area contributed by atoms with Gasteiger partial charge in [-0.1, -0.05) is 17.8 Å². The number of benzene rings is 1. The van der Waals surface area contributed by atoms with Crippen LogP contribution in [0.3, 0.4) is 0 Å². The second kappa shape index (κ2) is 9.08. The number of nitrogens with zero attached hydrogens (tertiary/aromatic N) is 2. The van der Waals surface area contributed by atoms with Crippen molar-refractivity contribution < 1.29 is 18.0 Å². The van der Waals surface area contributed by atoms with Gasteiger partial charge in [0.2, 0.25) is 5.91 Å². The Labute approximate surface area is 192 Å². The molecule has 166 valence electrons. The molecule has 1 N–H and O–H groups in total. The molecule has 11 heteroatoms. The fourth-order valence-electron chi connectivity index (χ4n) is 3.06. The van der Waals surface area contributed by atoms with Gasteiger partial charge in [-0.3, -0.25) is 14.2 Å². The van der Waals surface area contributed by atoms with Crippen LogP contribution in [0, 0.1) is 17.5 Å². The van der Waals surface area contributed by atoms with Crippen molar-refractivity contribution in [1.82, 2.24) is 9.55 Å². The fraction of sp³-hybridized carbons (Fsp3) is 0.190. The number of anilines is 1. The van der Waals surface area contributed by atoms with Crippen molar-refractivity contribution in [3.63, 3.8) is 0 Å². The molecule has 0 radical (unpaired) electrons. The molecule has 0 spiro atoms. The molecule has 1 amide bonds. The Morgan fingerprint density at radius 3 is 2.69 bits per heavy atom. The zero-order valence-corrected chi connectivity index (χ0v) is 19.3. The molecule has 0 saturated carbocycles. The van der Waals surface area contributed by atoms with Crippen LogP contribution in [-0.4, -0.2) is 20.7 Å². The average Bonchev–Trinajstić information content (AvgIpc) is 3.44. The summed E-state index contributed by atoms with van der Waals surface area (Å²) in [7, 11) is 0. The van der Waals surface area contributed by atoms with Gasteiger partial charge in [0.25, 0.3) is 5.56 Å². The number of aromatic nitrogens is 2. The Balaban J connectivity index is 1.63. The molecule has 0 bridgehead atoms. The van der Waals surface area contributed by atoms with Gasteiger partial charge in [-0.15, -0.1) is 22.7 Å². The zero-order valence-electron chi connectivity index (χ0n) is 16.8. The third kappa shape index (κ3) is 4.07. The number of hydrogen-bond donors (Lipinski definition) is 1. The summed E-state index contributed by atoms with van der Waals surface area (Å²) in [6, 6.07) is 5.54. The van der Waals surface area contributed by atoms with E-state index in [1.54, 1.807) is 13.8 Å². The van der Waals surface area contributed by atoms with Crippen molar-refractivity contribution in [1.29, 1.82) is 0 Å². The lowest BCUT2D eigenvalue weighted by atomic mass is 10.2. The SMILES string of the molecule is CCn1c(SC(C)C(=O)Nc2ccc(F)c(F)c2F)nc2scc(-c3cccs3)c2c1=O. The Bertz CT molecular complexity index is 1370. The number of hydrogen-bond acceptors (Lipinski definition) is 6. The molecule has 0 aliphatic rings. The Kier molecular flexibility index (Phi) is 6.40. The van der Waals surface area contributed by atoms with E-state index < -0.39 is 34.3 Å². The smallest absolute Gasteiger partial charge is 0.263 e. The molecule has 1 unspecified atom stereocenters. The molecule has 4 aromatic rings. The summed E-state index contributed by atoms with van der Waals surface area (Å²) in [5, 5.41) is 6.17. The van der Waals surface area contributed by atoms with Gasteiger partial charge in [-0.05, 0) is 37.4 Å². The topological polar surface area (TPSA) is 64.0 Å². The lowest BCUT2D eigenvalue weighted by Gasteiger charge is -2.15. The molecular weight excluding hydrogens is 479 g/mol. The Morgan fingerprint density at radius 1 is 1.22 bits per heavy atom. The van der Waals surface area contributed by atoms with Gasteiger partial charge >= 0.3 is 0 Å². The number of carbonyl (C=O) groups excluding carboxylic acids is 1. The summed E-state index contributed by atoms with van der Waals surface area (Å²) in [6.45, 7) is 3.70. The molecule has 0 aliphatic heterocycles. The number of fused-ring (bicyclic) bond motifs is 1. The first-order chi connectivity index (χ1) is 15.3. The lowest BCUT2D eigenvalue weighted by Crippen LogP contribution is -2.27. The Hall–Kier alpha value is -2.63. The fourth-order valence-corrected chi connectivity index (χ4v) is 5.83. The maximum Gasteiger partial charge on any atom is 0.263 e. The van der Waals surface area contributed by atoms with E-state index in [1.807, 2.05) is 22.9 Å². The maximum absolute atomic E-state index is 13.9. The second-order valence-corrected chi connectivity index (χ2v) is 9.84. The number of nitrogens with one attached hydrogen (secondary N) is 1. The van der Waals surface area contributed by atoms with Gasteiger partial charge in [-0.2, -0.15) is 0 Å². The van der Waals surface area contributed by atoms with Crippen LogP contribution in [0.25, 0.3) is 20.7 Å². The molecule has 3 heterocycles. The van der Waals surface area contributed by atoms with E-state index in [4.69, 9.17) is 0 Å². The standard InChI is InChI=1S/C21H16F3N3O2S3/c1-3-27-20(29)15-11(14-5-4-8-30-14)9-31-19(15)26-21(27)32-10(2)18(28)25-13-7-6-12(22)16(23)17(13)24/h4-10H,3H2,1-2H3,(H,25,28). The van der Waals surface area contributed by atoms with Crippen LogP contribution < -0.4 is 10.9 Å². The quantitative estimate of drug-likeness (QED) is 0.210. The molecule has 5 nitrogen and oxygen atoms in total. The summed E-state index contributed by atoms with van der Waals surface area (Å²) in [4.78, 5) is 31.9. The van der Waals surface area contributed by atoms with Crippen molar-refractivity contribution >= 4 is 56.2 Å². The Morgan fingerprint density at radius 2 is 2.00 bits per heavy atom. The van der Waals surface area contributed by atoms with Crippen LogP contribution in [0.4, 0.5) is 18.9 Å². The highest BCUT2D eigenvalue weighted by atomic mass is 32.2. The first-order valence-corrected chi connectivity index (χ1v) is 12.1. The van der Waals surface area contributed by atoms with E-state index in [0.29, 0.717) is 21.9 Å².